The fraction of sp³-hybridized carbons (Fsp3) is 0.500. The van der Waals surface area contributed by atoms with Gasteiger partial charge in [-0.1, -0.05) is 19.4 Å². The molecule has 1 heterocycles. The third kappa shape index (κ3) is 4.23. The van der Waals surface area contributed by atoms with Gasteiger partial charge in [0.15, 0.2) is 5.60 Å². The first-order chi connectivity index (χ1) is 8.23. The predicted octanol–water partition coefficient (Wildman–Crippen LogP) is 3.43. The Hall–Kier alpha value is -1.29. The monoisotopic (exact) mass is 247 g/mol. The first-order valence-corrected chi connectivity index (χ1v) is 6.74. The number of nitriles is 1. The Kier molecular flexibility index (Phi) is 5.77. The van der Waals surface area contributed by atoms with Gasteiger partial charge >= 0.3 is 0 Å². The van der Waals surface area contributed by atoms with Gasteiger partial charge < -0.3 is 5.11 Å². The molecule has 90 valence electrons. The zero-order valence-corrected chi connectivity index (χ0v) is 10.9. The van der Waals surface area contributed by atoms with Crippen molar-refractivity contribution in [2.24, 2.45) is 0 Å². The summed E-state index contributed by atoms with van der Waals surface area (Å²) in [6.45, 7) is 2.13. The van der Waals surface area contributed by atoms with Crippen molar-refractivity contribution in [3.05, 3.63) is 22.4 Å². The molecule has 2 nitrogen and oxygen atoms in total. The van der Waals surface area contributed by atoms with Crippen molar-refractivity contribution < 1.29 is 5.11 Å². The van der Waals surface area contributed by atoms with Crippen LogP contribution in [0.1, 0.15) is 43.9 Å². The molecule has 0 aromatic carbocycles. The fourth-order valence-electron chi connectivity index (χ4n) is 1.43. The van der Waals surface area contributed by atoms with Gasteiger partial charge in [-0.3, -0.25) is 0 Å². The van der Waals surface area contributed by atoms with E-state index in [0.717, 1.165) is 19.3 Å². The van der Waals surface area contributed by atoms with E-state index in [1.54, 1.807) is 6.07 Å². The van der Waals surface area contributed by atoms with Crippen molar-refractivity contribution in [1.82, 2.24) is 0 Å². The van der Waals surface area contributed by atoms with Crippen LogP contribution >= 0.6 is 11.3 Å². The number of aliphatic hydroxyl groups is 1. The highest BCUT2D eigenvalue weighted by Gasteiger charge is 2.29. The number of hydrogen-bond donors (Lipinski definition) is 1. The molecular weight excluding hydrogens is 230 g/mol. The second-order valence-corrected chi connectivity index (χ2v) is 4.85. The molecule has 1 atom stereocenters. The van der Waals surface area contributed by atoms with E-state index in [-0.39, 0.29) is 0 Å². The van der Waals surface area contributed by atoms with Gasteiger partial charge in [0.2, 0.25) is 0 Å². The van der Waals surface area contributed by atoms with Crippen molar-refractivity contribution in [2.75, 3.05) is 0 Å². The lowest BCUT2D eigenvalue weighted by atomic mass is 9.98. The van der Waals surface area contributed by atoms with Crippen LogP contribution < -0.4 is 0 Å². The Labute approximate surface area is 107 Å². The largest absolute Gasteiger partial charge is 0.371 e. The summed E-state index contributed by atoms with van der Waals surface area (Å²) in [5, 5.41) is 21.1. The van der Waals surface area contributed by atoms with Gasteiger partial charge in [0.05, 0.1) is 4.88 Å². The van der Waals surface area contributed by atoms with Crippen LogP contribution in [0.15, 0.2) is 17.5 Å². The molecule has 0 bridgehead atoms. The second kappa shape index (κ2) is 7.12. The van der Waals surface area contributed by atoms with E-state index >= 15 is 0 Å². The molecule has 3 heteroatoms. The van der Waals surface area contributed by atoms with Crippen LogP contribution in [-0.2, 0) is 5.60 Å². The summed E-state index contributed by atoms with van der Waals surface area (Å²) in [4.78, 5) is 0.704. The molecular formula is C14H17NOS. The Morgan fingerprint density at radius 1 is 1.41 bits per heavy atom. The summed E-state index contributed by atoms with van der Waals surface area (Å²) in [6.07, 6.45) is 4.10. The number of thiophene rings is 1. The lowest BCUT2D eigenvalue weighted by Gasteiger charge is -2.16. The first kappa shape index (κ1) is 13.8. The number of unbranched alkanes of at least 4 members (excludes halogenated alkanes) is 2. The molecule has 17 heavy (non-hydrogen) atoms. The average Bonchev–Trinajstić information content (AvgIpc) is 2.87. The van der Waals surface area contributed by atoms with Crippen LogP contribution in [0.25, 0.3) is 0 Å². The highest BCUT2D eigenvalue weighted by Crippen LogP contribution is 2.29. The normalized spacial score (nSPS) is 13.2. The van der Waals surface area contributed by atoms with E-state index in [2.05, 4.69) is 18.8 Å². The van der Waals surface area contributed by atoms with Crippen LogP contribution in [-0.4, -0.2) is 5.11 Å². The third-order valence-electron chi connectivity index (χ3n) is 2.51. The molecule has 0 aliphatic carbocycles. The fourth-order valence-corrected chi connectivity index (χ4v) is 2.24. The van der Waals surface area contributed by atoms with Crippen molar-refractivity contribution in [3.63, 3.8) is 0 Å². The van der Waals surface area contributed by atoms with Crippen molar-refractivity contribution in [3.8, 4) is 17.9 Å². The van der Waals surface area contributed by atoms with Crippen LogP contribution in [0.2, 0.25) is 0 Å². The molecule has 1 unspecified atom stereocenters. The Bertz CT molecular complexity index is 421. The van der Waals surface area contributed by atoms with Gasteiger partial charge in [-0.2, -0.15) is 5.26 Å². The van der Waals surface area contributed by atoms with Gasteiger partial charge in [-0.05, 0) is 17.9 Å². The minimum atomic E-state index is -1.37. The Morgan fingerprint density at radius 2 is 2.18 bits per heavy atom. The number of hydrogen-bond acceptors (Lipinski definition) is 3. The molecule has 0 saturated carbocycles. The maximum Gasteiger partial charge on any atom is 0.186 e. The number of rotatable bonds is 5. The highest BCUT2D eigenvalue weighted by molar-refractivity contribution is 7.10. The zero-order chi connectivity index (χ0) is 12.6. The molecule has 0 aliphatic rings. The minimum Gasteiger partial charge on any atom is -0.371 e. The molecule has 0 amide bonds. The Morgan fingerprint density at radius 3 is 2.76 bits per heavy atom. The van der Waals surface area contributed by atoms with E-state index in [4.69, 9.17) is 5.26 Å². The lowest BCUT2D eigenvalue weighted by molar-refractivity contribution is 0.0935. The summed E-state index contributed by atoms with van der Waals surface area (Å²) in [5.74, 6) is 6.08. The van der Waals surface area contributed by atoms with Gasteiger partial charge in [0.25, 0.3) is 0 Å². The smallest absolute Gasteiger partial charge is 0.186 e. The number of nitrogens with zero attached hydrogens (tertiary/aromatic N) is 1. The minimum absolute atomic E-state index is 0.378. The molecule has 1 aromatic rings. The molecule has 1 aromatic heterocycles. The molecule has 0 radical (unpaired) electrons. The maximum atomic E-state index is 10.2. The summed E-state index contributed by atoms with van der Waals surface area (Å²) < 4.78 is 0. The van der Waals surface area contributed by atoms with Gasteiger partial charge in [0.1, 0.15) is 6.07 Å². The van der Waals surface area contributed by atoms with E-state index in [1.807, 2.05) is 17.5 Å². The SMILES string of the molecule is CCCCC#CCCC(O)(C#N)c1cccs1. The predicted molar refractivity (Wildman–Crippen MR) is 70.4 cm³/mol. The lowest BCUT2D eigenvalue weighted by Crippen LogP contribution is -2.21. The average molecular weight is 247 g/mol. The van der Waals surface area contributed by atoms with Crippen molar-refractivity contribution >= 4 is 11.3 Å². The quantitative estimate of drug-likeness (QED) is 0.492. The molecule has 0 fully saturated rings. The van der Waals surface area contributed by atoms with Crippen LogP contribution in [0.3, 0.4) is 0 Å². The van der Waals surface area contributed by atoms with Crippen LogP contribution in [0.4, 0.5) is 0 Å². The van der Waals surface area contributed by atoms with E-state index in [0.29, 0.717) is 17.7 Å². The summed E-state index contributed by atoms with van der Waals surface area (Å²) in [6, 6.07) is 5.61. The van der Waals surface area contributed by atoms with Gasteiger partial charge in [-0.25, -0.2) is 0 Å². The molecule has 0 saturated heterocycles. The van der Waals surface area contributed by atoms with Crippen molar-refractivity contribution in [1.29, 1.82) is 5.26 Å². The van der Waals surface area contributed by atoms with E-state index in [9.17, 15) is 5.11 Å². The standard InChI is InChI=1S/C14H17NOS/c1-2-3-4-5-6-7-10-14(16,12-15)13-9-8-11-17-13/h8-9,11,16H,2-4,7,10H2,1H3. The molecule has 0 aliphatic heterocycles. The van der Waals surface area contributed by atoms with E-state index in [1.165, 1.54) is 11.3 Å². The maximum absolute atomic E-state index is 10.2. The summed E-state index contributed by atoms with van der Waals surface area (Å²) in [5.41, 5.74) is -1.37. The second-order valence-electron chi connectivity index (χ2n) is 3.91. The molecule has 1 rings (SSSR count). The first-order valence-electron chi connectivity index (χ1n) is 5.86. The summed E-state index contributed by atoms with van der Waals surface area (Å²) >= 11 is 1.41. The van der Waals surface area contributed by atoms with Gasteiger partial charge in [0, 0.05) is 19.3 Å². The Balaban J connectivity index is 2.48. The van der Waals surface area contributed by atoms with E-state index < -0.39 is 5.60 Å². The van der Waals surface area contributed by atoms with Crippen molar-refractivity contribution in [2.45, 2.75) is 44.6 Å². The van der Waals surface area contributed by atoms with Crippen LogP contribution in [0, 0.1) is 23.2 Å². The van der Waals surface area contributed by atoms with Gasteiger partial charge in [-0.15, -0.1) is 23.2 Å². The zero-order valence-electron chi connectivity index (χ0n) is 10.1. The highest BCUT2D eigenvalue weighted by atomic mass is 32.1. The topological polar surface area (TPSA) is 44.0 Å². The third-order valence-corrected chi connectivity index (χ3v) is 3.53. The molecule has 0 spiro atoms. The van der Waals surface area contributed by atoms with Crippen LogP contribution in [0.5, 0.6) is 0 Å². The molecule has 1 N–H and O–H groups in total. The summed E-state index contributed by atoms with van der Waals surface area (Å²) in [7, 11) is 0.